The van der Waals surface area contributed by atoms with Crippen LogP contribution in [0.15, 0.2) is 42.7 Å². The molecule has 2 unspecified atom stereocenters. The van der Waals surface area contributed by atoms with E-state index in [4.69, 9.17) is 0 Å². The first kappa shape index (κ1) is 15.3. The van der Waals surface area contributed by atoms with Gasteiger partial charge in [-0.25, -0.2) is 4.68 Å². The van der Waals surface area contributed by atoms with E-state index in [1.807, 2.05) is 29.1 Å². The smallest absolute Gasteiger partial charge is 0.0645 e. The van der Waals surface area contributed by atoms with Gasteiger partial charge in [0.05, 0.1) is 11.9 Å². The molecule has 0 amide bonds. The molecule has 0 saturated heterocycles. The lowest BCUT2D eigenvalue weighted by Crippen LogP contribution is -2.36. The fourth-order valence-corrected chi connectivity index (χ4v) is 3.29. The topological polar surface area (TPSA) is 50.1 Å². The lowest BCUT2D eigenvalue weighted by Gasteiger charge is -2.24. The maximum Gasteiger partial charge on any atom is 0.0645 e. The lowest BCUT2D eigenvalue weighted by atomic mass is 9.95. The first-order valence-electron chi connectivity index (χ1n) is 8.30. The van der Waals surface area contributed by atoms with E-state index in [0.717, 1.165) is 25.1 Å². The van der Waals surface area contributed by atoms with Crippen LogP contribution in [0.25, 0.3) is 5.69 Å². The maximum atomic E-state index is 9.58. The number of aliphatic hydroxyl groups is 1. The van der Waals surface area contributed by atoms with Crippen LogP contribution in [0, 0.1) is 5.92 Å². The molecular formula is C18H25N3O. The summed E-state index contributed by atoms with van der Waals surface area (Å²) in [5.74, 6) is 0.395. The highest BCUT2D eigenvalue weighted by atomic mass is 16.3. The van der Waals surface area contributed by atoms with Crippen LogP contribution >= 0.6 is 0 Å². The van der Waals surface area contributed by atoms with Gasteiger partial charge in [0.2, 0.25) is 0 Å². The second-order valence-electron chi connectivity index (χ2n) is 6.20. The summed E-state index contributed by atoms with van der Waals surface area (Å²) in [5.41, 5.74) is 2.27. The number of para-hydroxylation sites is 1. The van der Waals surface area contributed by atoms with Crippen LogP contribution in [0.4, 0.5) is 0 Å². The van der Waals surface area contributed by atoms with Crippen LogP contribution < -0.4 is 5.32 Å². The minimum Gasteiger partial charge on any atom is -0.396 e. The predicted molar refractivity (Wildman–Crippen MR) is 87.9 cm³/mol. The Labute approximate surface area is 132 Å². The second-order valence-corrected chi connectivity index (χ2v) is 6.20. The summed E-state index contributed by atoms with van der Waals surface area (Å²) in [5, 5.41) is 17.6. The first-order valence-corrected chi connectivity index (χ1v) is 8.30. The van der Waals surface area contributed by atoms with Crippen LogP contribution in [0.1, 0.15) is 37.7 Å². The van der Waals surface area contributed by atoms with E-state index in [2.05, 4.69) is 28.7 Å². The van der Waals surface area contributed by atoms with Crippen molar-refractivity contribution >= 4 is 0 Å². The van der Waals surface area contributed by atoms with Gasteiger partial charge in [-0.1, -0.05) is 37.5 Å². The summed E-state index contributed by atoms with van der Waals surface area (Å²) in [4.78, 5) is 0. The average Bonchev–Trinajstić information content (AvgIpc) is 2.92. The summed E-state index contributed by atoms with van der Waals surface area (Å²) >= 11 is 0. The number of nitrogens with one attached hydrogen (secondary N) is 1. The van der Waals surface area contributed by atoms with Crippen molar-refractivity contribution in [2.75, 3.05) is 6.61 Å². The minimum absolute atomic E-state index is 0.293. The van der Waals surface area contributed by atoms with Gasteiger partial charge in [-0.3, -0.25) is 0 Å². The monoisotopic (exact) mass is 299 g/mol. The van der Waals surface area contributed by atoms with Gasteiger partial charge in [0, 0.05) is 31.0 Å². The fraction of sp³-hybridized carbons (Fsp3) is 0.500. The first-order chi connectivity index (χ1) is 10.9. The molecule has 4 heteroatoms. The summed E-state index contributed by atoms with van der Waals surface area (Å²) in [6, 6.07) is 10.6. The molecule has 2 aromatic rings. The molecule has 0 radical (unpaired) electrons. The van der Waals surface area contributed by atoms with E-state index in [0.29, 0.717) is 18.6 Å². The van der Waals surface area contributed by atoms with Gasteiger partial charge in [-0.15, -0.1) is 0 Å². The van der Waals surface area contributed by atoms with E-state index in [9.17, 15) is 5.11 Å². The van der Waals surface area contributed by atoms with Crippen molar-refractivity contribution in [1.82, 2.24) is 15.1 Å². The van der Waals surface area contributed by atoms with Gasteiger partial charge in [-0.2, -0.15) is 5.10 Å². The number of benzene rings is 1. The van der Waals surface area contributed by atoms with Crippen LogP contribution in [0.2, 0.25) is 0 Å². The molecule has 1 fully saturated rings. The SMILES string of the molecule is OCC1CCCCCC1NCc1cnn(-c2ccccc2)c1. The van der Waals surface area contributed by atoms with Crippen molar-refractivity contribution < 1.29 is 5.11 Å². The van der Waals surface area contributed by atoms with Gasteiger partial charge >= 0.3 is 0 Å². The maximum absolute atomic E-state index is 9.58. The van der Waals surface area contributed by atoms with Crippen molar-refractivity contribution in [2.24, 2.45) is 5.92 Å². The fourth-order valence-electron chi connectivity index (χ4n) is 3.29. The Hall–Kier alpha value is -1.65. The van der Waals surface area contributed by atoms with E-state index in [1.54, 1.807) is 0 Å². The van der Waals surface area contributed by atoms with E-state index < -0.39 is 0 Å². The van der Waals surface area contributed by atoms with Crippen LogP contribution in [-0.4, -0.2) is 27.5 Å². The van der Waals surface area contributed by atoms with Crippen LogP contribution in [-0.2, 0) is 6.54 Å². The zero-order valence-corrected chi connectivity index (χ0v) is 13.0. The highest BCUT2D eigenvalue weighted by molar-refractivity contribution is 5.30. The molecule has 0 spiro atoms. The van der Waals surface area contributed by atoms with Gasteiger partial charge < -0.3 is 10.4 Å². The van der Waals surface area contributed by atoms with Gasteiger partial charge in [-0.05, 0) is 30.9 Å². The Morgan fingerprint density at radius 3 is 2.77 bits per heavy atom. The molecule has 22 heavy (non-hydrogen) atoms. The molecule has 1 aliphatic rings. The molecule has 0 aliphatic heterocycles. The van der Waals surface area contributed by atoms with Crippen molar-refractivity contribution in [1.29, 1.82) is 0 Å². The van der Waals surface area contributed by atoms with Crippen molar-refractivity contribution in [3.63, 3.8) is 0 Å². The molecule has 1 aromatic carbocycles. The van der Waals surface area contributed by atoms with Gasteiger partial charge in [0.15, 0.2) is 0 Å². The Morgan fingerprint density at radius 1 is 1.14 bits per heavy atom. The average molecular weight is 299 g/mol. The molecule has 1 aliphatic carbocycles. The number of aromatic nitrogens is 2. The summed E-state index contributed by atoms with van der Waals surface area (Å²) in [7, 11) is 0. The normalized spacial score (nSPS) is 22.4. The molecule has 4 nitrogen and oxygen atoms in total. The Balaban J connectivity index is 1.60. The predicted octanol–water partition coefficient (Wildman–Crippen LogP) is 2.90. The summed E-state index contributed by atoms with van der Waals surface area (Å²) < 4.78 is 1.91. The van der Waals surface area contributed by atoms with Crippen molar-refractivity contribution in [2.45, 2.75) is 44.7 Å². The van der Waals surface area contributed by atoms with Crippen molar-refractivity contribution in [3.05, 3.63) is 48.3 Å². The molecule has 1 saturated carbocycles. The zero-order chi connectivity index (χ0) is 15.2. The van der Waals surface area contributed by atoms with Gasteiger partial charge in [0.25, 0.3) is 0 Å². The Bertz CT molecular complexity index is 567. The molecule has 2 atom stereocenters. The third-order valence-electron chi connectivity index (χ3n) is 4.62. The van der Waals surface area contributed by atoms with Crippen LogP contribution in [0.3, 0.4) is 0 Å². The number of nitrogens with zero attached hydrogens (tertiary/aromatic N) is 2. The number of hydrogen-bond donors (Lipinski definition) is 2. The van der Waals surface area contributed by atoms with Crippen LogP contribution in [0.5, 0.6) is 0 Å². The minimum atomic E-state index is 0.293. The Morgan fingerprint density at radius 2 is 1.95 bits per heavy atom. The summed E-state index contributed by atoms with van der Waals surface area (Å²) in [6.45, 7) is 1.11. The standard InChI is InChI=1S/C18H25N3O/c22-14-16-7-3-1-6-10-18(16)19-11-15-12-20-21(13-15)17-8-4-2-5-9-17/h2,4-5,8-9,12-13,16,18-19,22H,1,3,6-7,10-11,14H2. The number of hydrogen-bond acceptors (Lipinski definition) is 3. The zero-order valence-electron chi connectivity index (χ0n) is 13.0. The Kier molecular flexibility index (Phi) is 5.24. The highest BCUT2D eigenvalue weighted by Gasteiger charge is 2.22. The lowest BCUT2D eigenvalue weighted by molar-refractivity contribution is 0.181. The second kappa shape index (κ2) is 7.56. The molecule has 3 rings (SSSR count). The third kappa shape index (κ3) is 3.76. The quantitative estimate of drug-likeness (QED) is 0.835. The molecular weight excluding hydrogens is 274 g/mol. The van der Waals surface area contributed by atoms with E-state index in [1.165, 1.54) is 24.8 Å². The molecule has 1 aromatic heterocycles. The van der Waals surface area contributed by atoms with E-state index in [-0.39, 0.29) is 0 Å². The molecule has 1 heterocycles. The number of rotatable bonds is 5. The highest BCUT2D eigenvalue weighted by Crippen LogP contribution is 2.23. The molecule has 0 bridgehead atoms. The van der Waals surface area contributed by atoms with E-state index >= 15 is 0 Å². The largest absolute Gasteiger partial charge is 0.396 e. The third-order valence-corrected chi connectivity index (χ3v) is 4.62. The van der Waals surface area contributed by atoms with Gasteiger partial charge in [0.1, 0.15) is 0 Å². The molecule has 2 N–H and O–H groups in total. The number of aliphatic hydroxyl groups excluding tert-OH is 1. The van der Waals surface area contributed by atoms with Crippen molar-refractivity contribution in [3.8, 4) is 5.69 Å². The molecule has 118 valence electrons. The summed E-state index contributed by atoms with van der Waals surface area (Å²) in [6.07, 6.45) is 10.1.